The maximum Gasteiger partial charge on any atom is 0.341 e. The lowest BCUT2D eigenvalue weighted by atomic mass is 10.1. The summed E-state index contributed by atoms with van der Waals surface area (Å²) >= 11 is 0. The summed E-state index contributed by atoms with van der Waals surface area (Å²) in [7, 11) is 0. The zero-order valence-corrected chi connectivity index (χ0v) is 11.3. The lowest BCUT2D eigenvalue weighted by Crippen LogP contribution is -2.04. The van der Waals surface area contributed by atoms with Gasteiger partial charge in [-0.1, -0.05) is 0 Å². The van der Waals surface area contributed by atoms with Crippen molar-refractivity contribution in [3.8, 4) is 17.4 Å². The van der Waals surface area contributed by atoms with E-state index in [0.717, 1.165) is 5.75 Å². The van der Waals surface area contributed by atoms with Crippen molar-refractivity contribution < 1.29 is 19.4 Å². The van der Waals surface area contributed by atoms with Crippen molar-refractivity contribution in [2.45, 2.75) is 13.8 Å². The average Bonchev–Trinajstić information content (AvgIpc) is 2.41. The Morgan fingerprint density at radius 1 is 1.20 bits per heavy atom. The smallest absolute Gasteiger partial charge is 0.341 e. The predicted molar refractivity (Wildman–Crippen MR) is 73.6 cm³/mol. The second-order valence-electron chi connectivity index (χ2n) is 4.12. The van der Waals surface area contributed by atoms with Crippen molar-refractivity contribution in [2.75, 3.05) is 6.61 Å². The molecule has 2 rings (SSSR count). The van der Waals surface area contributed by atoms with Crippen LogP contribution >= 0.6 is 0 Å². The number of aromatic nitrogens is 1. The number of ether oxygens (including phenoxy) is 2. The van der Waals surface area contributed by atoms with E-state index in [0.29, 0.717) is 17.9 Å². The van der Waals surface area contributed by atoms with Crippen molar-refractivity contribution in [2.24, 2.45) is 0 Å². The van der Waals surface area contributed by atoms with E-state index in [-0.39, 0.29) is 11.4 Å². The minimum atomic E-state index is -1.06. The molecule has 0 bridgehead atoms. The van der Waals surface area contributed by atoms with Crippen molar-refractivity contribution in [1.82, 2.24) is 4.98 Å². The van der Waals surface area contributed by atoms with Gasteiger partial charge in [0.05, 0.1) is 6.61 Å². The van der Waals surface area contributed by atoms with Crippen molar-refractivity contribution in [1.29, 1.82) is 0 Å². The number of rotatable bonds is 5. The minimum Gasteiger partial charge on any atom is -0.494 e. The first-order valence-electron chi connectivity index (χ1n) is 6.21. The third-order valence-corrected chi connectivity index (χ3v) is 2.69. The number of carboxylic acids is 1. The van der Waals surface area contributed by atoms with E-state index in [4.69, 9.17) is 9.47 Å². The molecule has 0 radical (unpaired) electrons. The van der Waals surface area contributed by atoms with Gasteiger partial charge in [0, 0.05) is 6.20 Å². The Balaban J connectivity index is 2.26. The summed E-state index contributed by atoms with van der Waals surface area (Å²) < 4.78 is 10.9. The molecule has 1 heterocycles. The number of pyridine rings is 1. The fourth-order valence-corrected chi connectivity index (χ4v) is 1.75. The van der Waals surface area contributed by atoms with Gasteiger partial charge in [-0.15, -0.1) is 0 Å². The summed E-state index contributed by atoms with van der Waals surface area (Å²) in [5.74, 6) is 0.266. The number of hydrogen-bond donors (Lipinski definition) is 1. The SMILES string of the molecule is CCOc1ccc(Oc2nccc(C)c2C(=O)O)cc1. The van der Waals surface area contributed by atoms with Crippen LogP contribution in [0, 0.1) is 6.92 Å². The summed E-state index contributed by atoms with van der Waals surface area (Å²) in [6, 6.07) is 8.57. The maximum atomic E-state index is 11.2. The summed E-state index contributed by atoms with van der Waals surface area (Å²) in [6.07, 6.45) is 1.52. The first-order valence-corrected chi connectivity index (χ1v) is 6.21. The van der Waals surface area contributed by atoms with Gasteiger partial charge in [-0.05, 0) is 49.7 Å². The van der Waals surface area contributed by atoms with Gasteiger partial charge in [-0.3, -0.25) is 0 Å². The van der Waals surface area contributed by atoms with E-state index in [1.807, 2.05) is 6.92 Å². The Kier molecular flexibility index (Phi) is 4.20. The van der Waals surface area contributed by atoms with Crippen LogP contribution in [-0.4, -0.2) is 22.7 Å². The molecule has 0 spiro atoms. The van der Waals surface area contributed by atoms with E-state index in [2.05, 4.69) is 4.98 Å². The number of nitrogens with zero attached hydrogens (tertiary/aromatic N) is 1. The van der Waals surface area contributed by atoms with Gasteiger partial charge in [0.15, 0.2) is 0 Å². The number of hydrogen-bond acceptors (Lipinski definition) is 4. The molecular weight excluding hydrogens is 258 g/mol. The fraction of sp³-hybridized carbons (Fsp3) is 0.200. The zero-order chi connectivity index (χ0) is 14.5. The van der Waals surface area contributed by atoms with Gasteiger partial charge in [-0.25, -0.2) is 9.78 Å². The normalized spacial score (nSPS) is 10.1. The van der Waals surface area contributed by atoms with Crippen LogP contribution in [0.15, 0.2) is 36.5 Å². The standard InChI is InChI=1S/C15H15NO4/c1-3-19-11-4-6-12(7-5-11)20-14-13(15(17)18)10(2)8-9-16-14/h4-9H,3H2,1-2H3,(H,17,18). The van der Waals surface area contributed by atoms with Gasteiger partial charge >= 0.3 is 5.97 Å². The lowest BCUT2D eigenvalue weighted by Gasteiger charge is -2.10. The summed E-state index contributed by atoms with van der Waals surface area (Å²) in [4.78, 5) is 15.2. The molecule has 1 N–H and O–H groups in total. The molecule has 1 aromatic heterocycles. The van der Waals surface area contributed by atoms with Gasteiger partial charge in [0.25, 0.3) is 0 Å². The molecule has 104 valence electrons. The van der Waals surface area contributed by atoms with E-state index < -0.39 is 5.97 Å². The molecule has 5 nitrogen and oxygen atoms in total. The van der Waals surface area contributed by atoms with Crippen molar-refractivity contribution >= 4 is 5.97 Å². The highest BCUT2D eigenvalue weighted by atomic mass is 16.5. The first kappa shape index (κ1) is 13.9. The quantitative estimate of drug-likeness (QED) is 0.905. The number of carbonyl (C=O) groups is 1. The zero-order valence-electron chi connectivity index (χ0n) is 11.3. The topological polar surface area (TPSA) is 68.7 Å². The van der Waals surface area contributed by atoms with Crippen LogP contribution in [0.5, 0.6) is 17.4 Å². The summed E-state index contributed by atoms with van der Waals surface area (Å²) in [6.45, 7) is 4.19. The molecule has 0 amide bonds. The molecule has 0 aliphatic rings. The van der Waals surface area contributed by atoms with E-state index in [1.54, 1.807) is 37.3 Å². The van der Waals surface area contributed by atoms with Crippen LogP contribution in [0.4, 0.5) is 0 Å². The Morgan fingerprint density at radius 3 is 2.45 bits per heavy atom. The van der Waals surface area contributed by atoms with E-state index >= 15 is 0 Å². The third-order valence-electron chi connectivity index (χ3n) is 2.69. The molecule has 5 heteroatoms. The van der Waals surface area contributed by atoms with Crippen LogP contribution in [-0.2, 0) is 0 Å². The Bertz CT molecular complexity index is 608. The third kappa shape index (κ3) is 3.06. The molecule has 0 fully saturated rings. The van der Waals surface area contributed by atoms with Crippen LogP contribution in [0.2, 0.25) is 0 Å². The van der Waals surface area contributed by atoms with Gasteiger partial charge in [0.2, 0.25) is 5.88 Å². The van der Waals surface area contributed by atoms with Crippen molar-refractivity contribution in [3.05, 3.63) is 47.7 Å². The summed E-state index contributed by atoms with van der Waals surface area (Å²) in [5.41, 5.74) is 0.676. The van der Waals surface area contributed by atoms with Gasteiger partial charge in [0.1, 0.15) is 17.1 Å². The molecule has 0 aliphatic carbocycles. The van der Waals surface area contributed by atoms with Crippen LogP contribution in [0.25, 0.3) is 0 Å². The van der Waals surface area contributed by atoms with Gasteiger partial charge in [-0.2, -0.15) is 0 Å². The van der Waals surface area contributed by atoms with Crippen LogP contribution < -0.4 is 9.47 Å². The Labute approximate surface area is 116 Å². The molecule has 0 saturated heterocycles. The predicted octanol–water partition coefficient (Wildman–Crippen LogP) is 3.28. The highest BCUT2D eigenvalue weighted by molar-refractivity contribution is 5.91. The minimum absolute atomic E-state index is 0.0707. The maximum absolute atomic E-state index is 11.2. The number of aromatic carboxylic acids is 1. The van der Waals surface area contributed by atoms with Gasteiger partial charge < -0.3 is 14.6 Å². The highest BCUT2D eigenvalue weighted by Crippen LogP contribution is 2.26. The number of carboxylic acid groups (broad SMARTS) is 1. The second-order valence-corrected chi connectivity index (χ2v) is 4.12. The molecule has 1 aromatic carbocycles. The molecule has 0 unspecified atom stereocenters. The van der Waals surface area contributed by atoms with Crippen LogP contribution in [0.3, 0.4) is 0 Å². The largest absolute Gasteiger partial charge is 0.494 e. The highest BCUT2D eigenvalue weighted by Gasteiger charge is 2.16. The molecular formula is C15H15NO4. The molecule has 0 aliphatic heterocycles. The number of benzene rings is 1. The van der Waals surface area contributed by atoms with E-state index in [1.165, 1.54) is 6.20 Å². The number of aryl methyl sites for hydroxylation is 1. The summed E-state index contributed by atoms with van der Waals surface area (Å²) in [5, 5.41) is 9.20. The van der Waals surface area contributed by atoms with Crippen molar-refractivity contribution in [3.63, 3.8) is 0 Å². The fourth-order valence-electron chi connectivity index (χ4n) is 1.75. The van der Waals surface area contributed by atoms with Crippen LogP contribution in [0.1, 0.15) is 22.8 Å². The average molecular weight is 273 g/mol. The monoisotopic (exact) mass is 273 g/mol. The lowest BCUT2D eigenvalue weighted by molar-refractivity contribution is 0.0692. The Morgan fingerprint density at radius 2 is 1.85 bits per heavy atom. The molecule has 0 saturated carbocycles. The molecule has 0 atom stereocenters. The second kappa shape index (κ2) is 6.06. The molecule has 2 aromatic rings. The first-order chi connectivity index (χ1) is 9.61. The van der Waals surface area contributed by atoms with E-state index in [9.17, 15) is 9.90 Å². The Hall–Kier alpha value is -2.56. The molecule has 20 heavy (non-hydrogen) atoms.